The predicted octanol–water partition coefficient (Wildman–Crippen LogP) is 1.23. The number of nitrogens with one attached hydrogen (secondary N) is 2. The highest BCUT2D eigenvalue weighted by atomic mass is 16.4. The molecular formula is C25H27N7O5. The van der Waals surface area contributed by atoms with Crippen LogP contribution in [-0.2, 0) is 18.4 Å². The molecule has 0 aliphatic carbocycles. The standard InChI is InChI=1S/C25H27N7O5/c1-15(24(35)31-10-4-3-5-11-31)28-23(34)19-13-17(29-21-8-9-27-32(19)21)22(33)26-14-16-6-7-20-18(12-16)30(2)25(36)37-20/h6-9,12-13,15H,3-5,10-11,14H2,1-2H3,(H,26,33)(H,28,34)/t15-/m0/s1. The van der Waals surface area contributed by atoms with Gasteiger partial charge in [-0.25, -0.2) is 14.3 Å². The Morgan fingerprint density at radius 1 is 1.08 bits per heavy atom. The van der Waals surface area contributed by atoms with Gasteiger partial charge < -0.3 is 20.0 Å². The van der Waals surface area contributed by atoms with Gasteiger partial charge in [-0.15, -0.1) is 0 Å². The Labute approximate surface area is 211 Å². The Morgan fingerprint density at radius 2 is 1.86 bits per heavy atom. The molecule has 12 nitrogen and oxygen atoms in total. The second-order valence-corrected chi connectivity index (χ2v) is 9.12. The molecule has 4 heterocycles. The third-order valence-corrected chi connectivity index (χ3v) is 6.52. The van der Waals surface area contributed by atoms with Crippen LogP contribution in [0.1, 0.15) is 52.7 Å². The molecule has 1 saturated heterocycles. The monoisotopic (exact) mass is 505 g/mol. The topological polar surface area (TPSA) is 144 Å². The molecule has 1 aromatic carbocycles. The molecule has 1 fully saturated rings. The van der Waals surface area contributed by atoms with E-state index in [9.17, 15) is 19.2 Å². The Bertz CT molecular complexity index is 1560. The maximum atomic E-state index is 13.1. The number of oxazole rings is 1. The summed E-state index contributed by atoms with van der Waals surface area (Å²) >= 11 is 0. The van der Waals surface area contributed by atoms with Crippen molar-refractivity contribution in [3.05, 3.63) is 64.0 Å². The van der Waals surface area contributed by atoms with Gasteiger partial charge in [0.25, 0.3) is 11.8 Å². The van der Waals surface area contributed by atoms with Crippen molar-refractivity contribution in [2.24, 2.45) is 7.05 Å². The van der Waals surface area contributed by atoms with Gasteiger partial charge in [0.15, 0.2) is 11.2 Å². The van der Waals surface area contributed by atoms with Gasteiger partial charge in [0, 0.05) is 38.8 Å². The summed E-state index contributed by atoms with van der Waals surface area (Å²) in [7, 11) is 1.61. The number of rotatable bonds is 6. The van der Waals surface area contributed by atoms with Crippen LogP contribution in [-0.4, -0.2) is 60.9 Å². The van der Waals surface area contributed by atoms with E-state index in [1.165, 1.54) is 21.3 Å². The van der Waals surface area contributed by atoms with Crippen LogP contribution in [0.15, 0.2) is 45.7 Å². The molecule has 1 aliphatic rings. The number of aryl methyl sites for hydroxylation is 1. The van der Waals surface area contributed by atoms with Gasteiger partial charge in [-0.1, -0.05) is 6.07 Å². The summed E-state index contributed by atoms with van der Waals surface area (Å²) in [6, 6.07) is 7.39. The fraction of sp³-hybridized carbons (Fsp3) is 0.360. The largest absolute Gasteiger partial charge is 0.419 e. The minimum Gasteiger partial charge on any atom is -0.408 e. The Balaban J connectivity index is 1.32. The predicted molar refractivity (Wildman–Crippen MR) is 133 cm³/mol. The number of hydrogen-bond acceptors (Lipinski definition) is 7. The number of aromatic nitrogens is 4. The molecule has 0 bridgehead atoms. The fourth-order valence-corrected chi connectivity index (χ4v) is 4.47. The summed E-state index contributed by atoms with van der Waals surface area (Å²) < 4.78 is 7.85. The number of piperidine rings is 1. The van der Waals surface area contributed by atoms with Crippen molar-refractivity contribution in [2.45, 2.75) is 38.8 Å². The number of carbonyl (C=O) groups is 3. The fourth-order valence-electron chi connectivity index (χ4n) is 4.47. The van der Waals surface area contributed by atoms with Gasteiger partial charge in [0.1, 0.15) is 17.4 Å². The van der Waals surface area contributed by atoms with Crippen molar-refractivity contribution in [1.29, 1.82) is 0 Å². The zero-order chi connectivity index (χ0) is 26.1. The van der Waals surface area contributed by atoms with E-state index in [0.717, 1.165) is 24.8 Å². The SMILES string of the molecule is C[C@H](NC(=O)c1cc(C(=O)NCc2ccc3oc(=O)n(C)c3c2)nc2ccnn12)C(=O)N1CCCCC1. The second kappa shape index (κ2) is 9.88. The van der Waals surface area contributed by atoms with Crippen LogP contribution in [0.3, 0.4) is 0 Å². The molecule has 1 aliphatic heterocycles. The van der Waals surface area contributed by atoms with E-state index in [1.54, 1.807) is 43.1 Å². The first-order valence-corrected chi connectivity index (χ1v) is 12.1. The lowest BCUT2D eigenvalue weighted by Crippen LogP contribution is -2.48. The van der Waals surface area contributed by atoms with Gasteiger partial charge in [-0.05, 0) is 43.9 Å². The van der Waals surface area contributed by atoms with Crippen molar-refractivity contribution >= 4 is 34.5 Å². The molecule has 5 rings (SSSR count). The van der Waals surface area contributed by atoms with Crippen LogP contribution in [0.2, 0.25) is 0 Å². The first-order valence-electron chi connectivity index (χ1n) is 12.1. The van der Waals surface area contributed by atoms with Gasteiger partial charge in [-0.3, -0.25) is 19.0 Å². The third-order valence-electron chi connectivity index (χ3n) is 6.52. The number of likely N-dealkylation sites (tertiary alicyclic amines) is 1. The summed E-state index contributed by atoms with van der Waals surface area (Å²) in [4.78, 5) is 56.7. The van der Waals surface area contributed by atoms with E-state index in [1.807, 2.05) is 0 Å². The van der Waals surface area contributed by atoms with E-state index < -0.39 is 23.6 Å². The summed E-state index contributed by atoms with van der Waals surface area (Å²) in [5.74, 6) is -1.62. The van der Waals surface area contributed by atoms with E-state index in [0.29, 0.717) is 29.8 Å². The molecule has 2 N–H and O–H groups in total. The van der Waals surface area contributed by atoms with Crippen molar-refractivity contribution < 1.29 is 18.8 Å². The molecule has 192 valence electrons. The lowest BCUT2D eigenvalue weighted by molar-refractivity contribution is -0.133. The van der Waals surface area contributed by atoms with Crippen LogP contribution in [0.5, 0.6) is 0 Å². The number of amides is 3. The number of hydrogen-bond donors (Lipinski definition) is 2. The van der Waals surface area contributed by atoms with Crippen LogP contribution in [0.4, 0.5) is 0 Å². The van der Waals surface area contributed by atoms with Crippen molar-refractivity contribution in [1.82, 2.24) is 34.7 Å². The van der Waals surface area contributed by atoms with E-state index in [4.69, 9.17) is 4.42 Å². The quantitative estimate of drug-likeness (QED) is 0.401. The van der Waals surface area contributed by atoms with Crippen molar-refractivity contribution in [3.63, 3.8) is 0 Å². The summed E-state index contributed by atoms with van der Waals surface area (Å²) in [6.45, 7) is 3.19. The maximum absolute atomic E-state index is 13.1. The van der Waals surface area contributed by atoms with E-state index >= 15 is 0 Å². The molecule has 3 aromatic heterocycles. The van der Waals surface area contributed by atoms with Crippen LogP contribution in [0, 0.1) is 0 Å². The number of nitrogens with zero attached hydrogens (tertiary/aromatic N) is 5. The molecule has 37 heavy (non-hydrogen) atoms. The molecule has 1 atom stereocenters. The Hall–Kier alpha value is -4.48. The molecule has 4 aromatic rings. The summed E-state index contributed by atoms with van der Waals surface area (Å²) in [6.07, 6.45) is 4.49. The van der Waals surface area contributed by atoms with Crippen molar-refractivity contribution in [2.75, 3.05) is 13.1 Å². The minimum atomic E-state index is -0.726. The molecular weight excluding hydrogens is 478 g/mol. The average Bonchev–Trinajstić information content (AvgIpc) is 3.50. The zero-order valence-corrected chi connectivity index (χ0v) is 20.6. The third kappa shape index (κ3) is 4.82. The zero-order valence-electron chi connectivity index (χ0n) is 20.6. The Kier molecular flexibility index (Phi) is 6.47. The van der Waals surface area contributed by atoms with Gasteiger partial charge >= 0.3 is 5.76 Å². The van der Waals surface area contributed by atoms with Gasteiger partial charge in [-0.2, -0.15) is 5.10 Å². The first kappa shape index (κ1) is 24.2. The second-order valence-electron chi connectivity index (χ2n) is 9.12. The average molecular weight is 506 g/mol. The molecule has 0 radical (unpaired) electrons. The summed E-state index contributed by atoms with van der Waals surface area (Å²) in [5, 5.41) is 9.67. The normalized spacial score (nSPS) is 14.6. The van der Waals surface area contributed by atoms with Crippen LogP contribution in [0.25, 0.3) is 16.7 Å². The molecule has 3 amide bonds. The number of benzene rings is 1. The number of carbonyl (C=O) groups excluding carboxylic acids is 3. The smallest absolute Gasteiger partial charge is 0.408 e. The highest BCUT2D eigenvalue weighted by molar-refractivity contribution is 6.00. The maximum Gasteiger partial charge on any atom is 0.419 e. The first-order chi connectivity index (χ1) is 17.8. The van der Waals surface area contributed by atoms with E-state index in [2.05, 4.69) is 20.7 Å². The van der Waals surface area contributed by atoms with Gasteiger partial charge in [0.05, 0.1) is 11.7 Å². The highest BCUT2D eigenvalue weighted by Gasteiger charge is 2.25. The van der Waals surface area contributed by atoms with Crippen LogP contribution >= 0.6 is 0 Å². The van der Waals surface area contributed by atoms with Crippen LogP contribution < -0.4 is 16.4 Å². The van der Waals surface area contributed by atoms with Crippen molar-refractivity contribution in [3.8, 4) is 0 Å². The molecule has 12 heteroatoms. The lowest BCUT2D eigenvalue weighted by atomic mass is 10.1. The van der Waals surface area contributed by atoms with Gasteiger partial charge in [0.2, 0.25) is 5.91 Å². The Morgan fingerprint density at radius 3 is 2.65 bits per heavy atom. The molecule has 0 spiro atoms. The molecule has 0 unspecified atom stereocenters. The minimum absolute atomic E-state index is 0.0324. The highest BCUT2D eigenvalue weighted by Crippen LogP contribution is 2.15. The lowest BCUT2D eigenvalue weighted by Gasteiger charge is -2.29. The van der Waals surface area contributed by atoms with E-state index in [-0.39, 0.29) is 23.8 Å². The molecule has 0 saturated carbocycles. The number of fused-ring (bicyclic) bond motifs is 2. The summed E-state index contributed by atoms with van der Waals surface area (Å²) in [5.41, 5.74) is 2.27.